The van der Waals surface area contributed by atoms with E-state index < -0.39 is 0 Å². The lowest BCUT2D eigenvalue weighted by Gasteiger charge is -2.31. The number of hydrogen-bond acceptors (Lipinski definition) is 3. The first kappa shape index (κ1) is 22.4. The van der Waals surface area contributed by atoms with E-state index in [9.17, 15) is 0 Å². The molecule has 0 bridgehead atoms. The second kappa shape index (κ2) is 9.76. The number of benzene rings is 3. The molecule has 1 aromatic heterocycles. The van der Waals surface area contributed by atoms with Gasteiger partial charge in [0.2, 0.25) is 0 Å². The summed E-state index contributed by atoms with van der Waals surface area (Å²) in [4.78, 5) is 2.54. The van der Waals surface area contributed by atoms with E-state index in [1.807, 2.05) is 0 Å². The number of nitrogens with zero attached hydrogens (tertiary/aromatic N) is 3. The molecule has 0 amide bonds. The van der Waals surface area contributed by atoms with Gasteiger partial charge >= 0.3 is 0 Å². The van der Waals surface area contributed by atoms with Gasteiger partial charge in [-0.2, -0.15) is 5.10 Å². The van der Waals surface area contributed by atoms with Gasteiger partial charge in [0.1, 0.15) is 5.69 Å². The minimum atomic E-state index is 0. The van der Waals surface area contributed by atoms with Crippen LogP contribution in [0.3, 0.4) is 0 Å². The van der Waals surface area contributed by atoms with Crippen LogP contribution in [0.1, 0.15) is 24.5 Å². The van der Waals surface area contributed by atoms with E-state index in [0.717, 1.165) is 50.4 Å². The molecule has 2 heterocycles. The summed E-state index contributed by atoms with van der Waals surface area (Å²) in [7, 11) is 0. The van der Waals surface area contributed by atoms with Crippen molar-refractivity contribution < 1.29 is 0 Å². The number of aryl methyl sites for hydroxylation is 1. The maximum absolute atomic E-state index is 5.19. The van der Waals surface area contributed by atoms with Gasteiger partial charge < -0.3 is 10.2 Å². The summed E-state index contributed by atoms with van der Waals surface area (Å²) in [5, 5.41) is 9.97. The van der Waals surface area contributed by atoms with E-state index >= 15 is 0 Å². The van der Waals surface area contributed by atoms with Crippen LogP contribution in [-0.2, 0) is 6.42 Å². The number of nitrogens with one attached hydrogen (secondary N) is 1. The number of para-hydroxylation sites is 1. The van der Waals surface area contributed by atoms with Crippen molar-refractivity contribution in [3.8, 4) is 16.9 Å². The second-order valence-electron chi connectivity index (χ2n) is 8.34. The molecule has 3 aromatic carbocycles. The largest absolute Gasteiger partial charge is 0.369 e. The Hall–Kier alpha value is -2.82. The predicted molar refractivity (Wildman–Crippen MR) is 138 cm³/mol. The van der Waals surface area contributed by atoms with Crippen LogP contribution in [0.5, 0.6) is 0 Å². The van der Waals surface area contributed by atoms with Crippen LogP contribution in [0.25, 0.3) is 27.8 Å². The number of rotatable bonds is 5. The van der Waals surface area contributed by atoms with Gasteiger partial charge in [0.25, 0.3) is 0 Å². The molecule has 0 spiro atoms. The molecule has 0 aliphatic carbocycles. The number of fused-ring (bicyclic) bond motifs is 1. The number of hydrogen-bond donors (Lipinski definition) is 1. The van der Waals surface area contributed by atoms with Gasteiger partial charge in [0.05, 0.1) is 11.2 Å². The summed E-state index contributed by atoms with van der Waals surface area (Å²) in [5.74, 6) is 0. The standard InChI is InChI=1S/C27H30N4.ClH/c1-3-10-23-20(2)24(30-17-15-28-16-18-30)19-25-26(23)27(21-11-6-4-7-12-21)29-31(25)22-13-8-5-9-14-22;/h4-9,11-14,19,28H,3,10,15-18H2,1-2H3;1H. The highest BCUT2D eigenvalue weighted by Crippen LogP contribution is 2.39. The average Bonchev–Trinajstić information content (AvgIpc) is 3.22. The first-order valence-corrected chi connectivity index (χ1v) is 11.4. The van der Waals surface area contributed by atoms with Crippen molar-refractivity contribution in [2.75, 3.05) is 31.1 Å². The monoisotopic (exact) mass is 446 g/mol. The molecule has 0 radical (unpaired) electrons. The first-order chi connectivity index (χ1) is 15.3. The summed E-state index contributed by atoms with van der Waals surface area (Å²) in [5.41, 5.74) is 8.76. The van der Waals surface area contributed by atoms with Crippen molar-refractivity contribution in [3.63, 3.8) is 0 Å². The maximum Gasteiger partial charge on any atom is 0.101 e. The molecule has 1 fully saturated rings. The Labute approximate surface area is 196 Å². The molecule has 1 aliphatic rings. The predicted octanol–water partition coefficient (Wildman–Crippen LogP) is 5.78. The highest BCUT2D eigenvalue weighted by molar-refractivity contribution is 6.00. The van der Waals surface area contributed by atoms with E-state index in [4.69, 9.17) is 5.10 Å². The van der Waals surface area contributed by atoms with Gasteiger partial charge in [0, 0.05) is 42.8 Å². The molecule has 1 aliphatic heterocycles. The fraction of sp³-hybridized carbons (Fsp3) is 0.296. The molecule has 0 unspecified atom stereocenters. The lowest BCUT2D eigenvalue weighted by molar-refractivity contribution is 0.588. The van der Waals surface area contributed by atoms with Crippen LogP contribution in [0, 0.1) is 6.92 Å². The lowest BCUT2D eigenvalue weighted by Crippen LogP contribution is -2.43. The Bertz CT molecular complexity index is 1180. The van der Waals surface area contributed by atoms with Gasteiger partial charge in [-0.25, -0.2) is 4.68 Å². The molecule has 4 aromatic rings. The van der Waals surface area contributed by atoms with Crippen LogP contribution >= 0.6 is 12.4 Å². The molecule has 0 atom stereocenters. The van der Waals surface area contributed by atoms with Crippen LogP contribution in [0.2, 0.25) is 0 Å². The normalized spacial score (nSPS) is 13.9. The van der Waals surface area contributed by atoms with Crippen LogP contribution in [-0.4, -0.2) is 36.0 Å². The third-order valence-electron chi connectivity index (χ3n) is 6.34. The van der Waals surface area contributed by atoms with Crippen molar-refractivity contribution in [2.45, 2.75) is 26.7 Å². The highest BCUT2D eigenvalue weighted by atomic mass is 35.5. The maximum atomic E-state index is 5.19. The molecule has 32 heavy (non-hydrogen) atoms. The van der Waals surface area contributed by atoms with Crippen molar-refractivity contribution >= 4 is 29.0 Å². The average molecular weight is 447 g/mol. The lowest BCUT2D eigenvalue weighted by atomic mass is 9.94. The minimum absolute atomic E-state index is 0. The fourth-order valence-electron chi connectivity index (χ4n) is 4.80. The molecule has 5 heteroatoms. The zero-order chi connectivity index (χ0) is 21.2. The van der Waals surface area contributed by atoms with Gasteiger partial charge in [-0.1, -0.05) is 61.9 Å². The van der Waals surface area contributed by atoms with Crippen LogP contribution in [0.15, 0.2) is 66.7 Å². The molecular weight excluding hydrogens is 416 g/mol. The fourth-order valence-corrected chi connectivity index (χ4v) is 4.80. The van der Waals surface area contributed by atoms with Crippen molar-refractivity contribution in [3.05, 3.63) is 77.9 Å². The summed E-state index contributed by atoms with van der Waals surface area (Å²) < 4.78 is 2.14. The molecule has 166 valence electrons. The Kier molecular flexibility index (Phi) is 6.83. The van der Waals surface area contributed by atoms with Crippen molar-refractivity contribution in [1.29, 1.82) is 0 Å². The van der Waals surface area contributed by atoms with Gasteiger partial charge in [-0.3, -0.25) is 0 Å². The molecule has 5 rings (SSSR count). The Morgan fingerprint density at radius 2 is 1.59 bits per heavy atom. The van der Waals surface area contributed by atoms with Gasteiger partial charge in [-0.15, -0.1) is 12.4 Å². The molecule has 1 saturated heterocycles. The van der Waals surface area contributed by atoms with E-state index in [1.165, 1.54) is 33.3 Å². The van der Waals surface area contributed by atoms with E-state index in [1.54, 1.807) is 0 Å². The van der Waals surface area contributed by atoms with E-state index in [2.05, 4.69) is 95.5 Å². The molecule has 1 N–H and O–H groups in total. The first-order valence-electron chi connectivity index (χ1n) is 11.4. The molecule has 0 saturated carbocycles. The van der Waals surface area contributed by atoms with Gasteiger partial charge in [0.15, 0.2) is 0 Å². The number of halogens is 1. The SMILES string of the molecule is CCCc1c(C)c(N2CCNCC2)cc2c1c(-c1ccccc1)nn2-c1ccccc1.Cl. The summed E-state index contributed by atoms with van der Waals surface area (Å²) >= 11 is 0. The minimum Gasteiger partial charge on any atom is -0.369 e. The van der Waals surface area contributed by atoms with Crippen molar-refractivity contribution in [2.24, 2.45) is 0 Å². The summed E-state index contributed by atoms with van der Waals surface area (Å²) in [6.07, 6.45) is 2.17. The third-order valence-corrected chi connectivity index (χ3v) is 6.34. The Morgan fingerprint density at radius 1 is 0.938 bits per heavy atom. The van der Waals surface area contributed by atoms with Crippen LogP contribution in [0.4, 0.5) is 5.69 Å². The zero-order valence-corrected chi connectivity index (χ0v) is 19.7. The van der Waals surface area contributed by atoms with Crippen molar-refractivity contribution in [1.82, 2.24) is 15.1 Å². The quantitative estimate of drug-likeness (QED) is 0.421. The Morgan fingerprint density at radius 3 is 2.25 bits per heavy atom. The number of anilines is 1. The highest BCUT2D eigenvalue weighted by Gasteiger charge is 2.23. The number of aromatic nitrogens is 2. The topological polar surface area (TPSA) is 33.1 Å². The summed E-state index contributed by atoms with van der Waals surface area (Å²) in [6.45, 7) is 8.73. The summed E-state index contributed by atoms with van der Waals surface area (Å²) in [6, 6.07) is 23.5. The number of piperazine rings is 1. The molecular formula is C27H31ClN4. The third kappa shape index (κ3) is 4.01. The molecule has 4 nitrogen and oxygen atoms in total. The Balaban J connectivity index is 0.00000245. The van der Waals surface area contributed by atoms with E-state index in [-0.39, 0.29) is 12.4 Å². The smallest absolute Gasteiger partial charge is 0.101 e. The zero-order valence-electron chi connectivity index (χ0n) is 18.8. The second-order valence-corrected chi connectivity index (χ2v) is 8.34. The van der Waals surface area contributed by atoms with E-state index in [0.29, 0.717) is 0 Å². The van der Waals surface area contributed by atoms with Gasteiger partial charge in [-0.05, 0) is 42.7 Å². The van der Waals surface area contributed by atoms with Crippen LogP contribution < -0.4 is 10.2 Å².